The van der Waals surface area contributed by atoms with Crippen molar-refractivity contribution in [1.82, 2.24) is 4.90 Å². The molecule has 1 aromatic rings. The molecular formula is C12H15N3O5. The largest absolute Gasteiger partial charge is 0.468 e. The number of likely N-dealkylation sites (N-methyl/N-ethyl adjacent to an activating group) is 1. The smallest absolute Gasteiger partial charge is 0.319 e. The monoisotopic (exact) mass is 281 g/mol. The molecule has 0 aliphatic heterocycles. The minimum absolute atomic E-state index is 0.00415. The summed E-state index contributed by atoms with van der Waals surface area (Å²) in [7, 11) is 2.87. The summed E-state index contributed by atoms with van der Waals surface area (Å²) in [4.78, 5) is 34.1. The van der Waals surface area contributed by atoms with Crippen LogP contribution in [0.5, 0.6) is 0 Å². The predicted molar refractivity (Wildman–Crippen MR) is 71.2 cm³/mol. The number of nitrogens with zero attached hydrogens (tertiary/aromatic N) is 2. The highest BCUT2D eigenvalue weighted by Gasteiger charge is 2.11. The van der Waals surface area contributed by atoms with E-state index >= 15 is 0 Å². The second-order valence-electron chi connectivity index (χ2n) is 4.10. The van der Waals surface area contributed by atoms with E-state index in [1.807, 2.05) is 0 Å². The molecule has 0 heterocycles. The average molecular weight is 281 g/mol. The highest BCUT2D eigenvalue weighted by Crippen LogP contribution is 2.15. The Kier molecular flexibility index (Phi) is 5.60. The van der Waals surface area contributed by atoms with E-state index in [1.54, 1.807) is 7.05 Å². The number of carbonyl (C=O) groups is 2. The van der Waals surface area contributed by atoms with Gasteiger partial charge in [0.1, 0.15) is 0 Å². The number of nitrogens with one attached hydrogen (secondary N) is 1. The molecular weight excluding hydrogens is 266 g/mol. The Bertz CT molecular complexity index is 500. The lowest BCUT2D eigenvalue weighted by atomic mass is 10.3. The molecule has 0 unspecified atom stereocenters. The number of amides is 1. The van der Waals surface area contributed by atoms with Gasteiger partial charge in [0, 0.05) is 17.8 Å². The lowest BCUT2D eigenvalue weighted by molar-refractivity contribution is -0.384. The van der Waals surface area contributed by atoms with E-state index in [9.17, 15) is 19.7 Å². The molecule has 0 saturated heterocycles. The maximum Gasteiger partial charge on any atom is 0.319 e. The van der Waals surface area contributed by atoms with Gasteiger partial charge in [-0.2, -0.15) is 0 Å². The molecule has 0 spiro atoms. The summed E-state index contributed by atoms with van der Waals surface area (Å²) in [6.45, 7) is 0.0102. The summed E-state index contributed by atoms with van der Waals surface area (Å²) in [5.41, 5.74) is 0.401. The van der Waals surface area contributed by atoms with Crippen LogP contribution in [0.2, 0.25) is 0 Å². The molecule has 8 nitrogen and oxygen atoms in total. The van der Waals surface area contributed by atoms with Crippen molar-refractivity contribution in [3.8, 4) is 0 Å². The molecule has 0 aliphatic carbocycles. The molecule has 0 atom stereocenters. The van der Waals surface area contributed by atoms with Crippen LogP contribution in [0.4, 0.5) is 11.4 Å². The van der Waals surface area contributed by atoms with E-state index in [0.717, 1.165) is 0 Å². The Morgan fingerprint density at radius 3 is 2.40 bits per heavy atom. The minimum Gasteiger partial charge on any atom is -0.468 e. The van der Waals surface area contributed by atoms with Crippen LogP contribution in [0.25, 0.3) is 0 Å². The van der Waals surface area contributed by atoms with Gasteiger partial charge in [-0.15, -0.1) is 0 Å². The Morgan fingerprint density at radius 2 is 1.90 bits per heavy atom. The summed E-state index contributed by atoms with van der Waals surface area (Å²) < 4.78 is 4.48. The molecule has 1 aromatic carbocycles. The van der Waals surface area contributed by atoms with Gasteiger partial charge in [-0.05, 0) is 19.2 Å². The highest BCUT2D eigenvalue weighted by atomic mass is 16.6. The number of hydrogen-bond donors (Lipinski definition) is 1. The second-order valence-corrected chi connectivity index (χ2v) is 4.10. The van der Waals surface area contributed by atoms with E-state index in [2.05, 4.69) is 10.1 Å². The van der Waals surface area contributed by atoms with Gasteiger partial charge < -0.3 is 10.1 Å². The van der Waals surface area contributed by atoms with Crippen molar-refractivity contribution in [3.63, 3.8) is 0 Å². The number of carbonyl (C=O) groups excluding carboxylic acids is 2. The lowest BCUT2D eigenvalue weighted by Crippen LogP contribution is -2.34. The number of methoxy groups -OCH3 is 1. The first-order valence-electron chi connectivity index (χ1n) is 5.72. The van der Waals surface area contributed by atoms with Crippen LogP contribution in [0, 0.1) is 10.1 Å². The van der Waals surface area contributed by atoms with Crippen LogP contribution < -0.4 is 5.32 Å². The summed E-state index contributed by atoms with van der Waals surface area (Å²) >= 11 is 0. The third kappa shape index (κ3) is 5.02. The molecule has 0 radical (unpaired) electrons. The van der Waals surface area contributed by atoms with Gasteiger partial charge in [-0.25, -0.2) is 0 Å². The van der Waals surface area contributed by atoms with E-state index < -0.39 is 10.9 Å². The first kappa shape index (κ1) is 15.6. The van der Waals surface area contributed by atoms with Crippen molar-refractivity contribution in [1.29, 1.82) is 0 Å². The average Bonchev–Trinajstić information content (AvgIpc) is 2.38. The molecule has 0 saturated carbocycles. The fourth-order valence-electron chi connectivity index (χ4n) is 1.45. The van der Waals surface area contributed by atoms with Crippen LogP contribution in [0.15, 0.2) is 24.3 Å². The molecule has 0 bridgehead atoms. The lowest BCUT2D eigenvalue weighted by Gasteiger charge is -2.14. The third-order valence-corrected chi connectivity index (χ3v) is 2.40. The number of hydrogen-bond acceptors (Lipinski definition) is 6. The SMILES string of the molecule is COC(=O)CN(C)CC(=O)Nc1ccc([N+](=O)[O-])cc1. The zero-order valence-electron chi connectivity index (χ0n) is 11.2. The standard InChI is InChI=1S/C12H15N3O5/c1-14(8-12(17)20-2)7-11(16)13-9-3-5-10(6-4-9)15(18)19/h3-6H,7-8H2,1-2H3,(H,13,16). The summed E-state index contributed by atoms with van der Waals surface area (Å²) in [6.07, 6.45) is 0. The van der Waals surface area contributed by atoms with Crippen LogP contribution in [-0.2, 0) is 14.3 Å². The molecule has 1 rings (SSSR count). The molecule has 1 amide bonds. The maximum atomic E-state index is 11.7. The second kappa shape index (κ2) is 7.19. The van der Waals surface area contributed by atoms with Gasteiger partial charge >= 0.3 is 5.97 Å². The van der Waals surface area contributed by atoms with E-state index in [0.29, 0.717) is 5.69 Å². The fraction of sp³-hybridized carbons (Fsp3) is 0.333. The van der Waals surface area contributed by atoms with Crippen molar-refractivity contribution in [3.05, 3.63) is 34.4 Å². The number of ether oxygens (including phenoxy) is 1. The number of nitro benzene ring substituents is 1. The van der Waals surface area contributed by atoms with Crippen LogP contribution in [0.1, 0.15) is 0 Å². The van der Waals surface area contributed by atoms with Gasteiger partial charge in [0.2, 0.25) is 5.91 Å². The van der Waals surface area contributed by atoms with Crippen LogP contribution >= 0.6 is 0 Å². The summed E-state index contributed by atoms with van der Waals surface area (Å²) in [6, 6.07) is 5.48. The molecule has 8 heteroatoms. The number of nitro groups is 1. The van der Waals surface area contributed by atoms with Gasteiger partial charge in [0.25, 0.3) is 5.69 Å². The fourth-order valence-corrected chi connectivity index (χ4v) is 1.45. The number of esters is 1. The zero-order chi connectivity index (χ0) is 15.1. The van der Waals surface area contributed by atoms with Crippen molar-refractivity contribution in [2.24, 2.45) is 0 Å². The molecule has 0 aromatic heterocycles. The first-order valence-corrected chi connectivity index (χ1v) is 5.72. The molecule has 20 heavy (non-hydrogen) atoms. The normalized spacial score (nSPS) is 10.2. The highest BCUT2D eigenvalue weighted by molar-refractivity contribution is 5.92. The Balaban J connectivity index is 2.49. The van der Waals surface area contributed by atoms with E-state index in [-0.39, 0.29) is 24.7 Å². The molecule has 0 aliphatic rings. The van der Waals surface area contributed by atoms with Crippen molar-refractivity contribution < 1.29 is 19.2 Å². The number of benzene rings is 1. The molecule has 0 fully saturated rings. The van der Waals surface area contributed by atoms with Crippen molar-refractivity contribution >= 4 is 23.3 Å². The third-order valence-electron chi connectivity index (χ3n) is 2.40. The Morgan fingerprint density at radius 1 is 1.30 bits per heavy atom. The molecule has 1 N–H and O–H groups in total. The van der Waals surface area contributed by atoms with Crippen LogP contribution in [-0.4, -0.2) is 48.9 Å². The zero-order valence-corrected chi connectivity index (χ0v) is 11.2. The minimum atomic E-state index is -0.518. The first-order chi connectivity index (χ1) is 9.42. The Labute approximate surface area is 115 Å². The van der Waals surface area contributed by atoms with Crippen LogP contribution in [0.3, 0.4) is 0 Å². The number of anilines is 1. The topological polar surface area (TPSA) is 102 Å². The summed E-state index contributed by atoms with van der Waals surface area (Å²) in [5, 5.41) is 13.1. The Hall–Kier alpha value is -2.48. The molecule has 108 valence electrons. The maximum absolute atomic E-state index is 11.7. The van der Waals surface area contributed by atoms with Gasteiger partial charge in [0.15, 0.2) is 0 Å². The van der Waals surface area contributed by atoms with Crippen molar-refractivity contribution in [2.45, 2.75) is 0 Å². The number of rotatable bonds is 6. The van der Waals surface area contributed by atoms with E-state index in [1.165, 1.54) is 36.3 Å². The van der Waals surface area contributed by atoms with Gasteiger partial charge in [-0.3, -0.25) is 24.6 Å². The van der Waals surface area contributed by atoms with Gasteiger partial charge in [-0.1, -0.05) is 0 Å². The van der Waals surface area contributed by atoms with E-state index in [4.69, 9.17) is 0 Å². The summed E-state index contributed by atoms with van der Waals surface area (Å²) in [5.74, 6) is -0.763. The number of non-ortho nitro benzene ring substituents is 1. The van der Waals surface area contributed by atoms with Crippen molar-refractivity contribution in [2.75, 3.05) is 32.6 Å². The van der Waals surface area contributed by atoms with Gasteiger partial charge in [0.05, 0.1) is 25.1 Å². The predicted octanol–water partition coefficient (Wildman–Crippen LogP) is 0.638. The quantitative estimate of drug-likeness (QED) is 0.466.